The van der Waals surface area contributed by atoms with Gasteiger partial charge < -0.3 is 15.0 Å². The lowest BCUT2D eigenvalue weighted by Gasteiger charge is -2.33. The van der Waals surface area contributed by atoms with Crippen LogP contribution in [0.15, 0.2) is 0 Å². The molecule has 18 heavy (non-hydrogen) atoms. The van der Waals surface area contributed by atoms with Crippen molar-refractivity contribution < 1.29 is 9.53 Å². The average Bonchev–Trinajstić information content (AvgIpc) is 2.41. The van der Waals surface area contributed by atoms with Crippen LogP contribution in [0.1, 0.15) is 52.9 Å². The quantitative estimate of drug-likeness (QED) is 0.786. The van der Waals surface area contributed by atoms with Crippen LogP contribution in [0.5, 0.6) is 0 Å². The molecule has 1 aliphatic rings. The molecule has 0 atom stereocenters. The molecule has 0 aromatic heterocycles. The van der Waals surface area contributed by atoms with Crippen molar-refractivity contribution in [3.8, 4) is 0 Å². The molecule has 0 radical (unpaired) electrons. The Kier molecular flexibility index (Phi) is 12.3. The molecule has 0 saturated heterocycles. The minimum Gasteiger partial charge on any atom is -0.453 e. The second-order valence-electron chi connectivity index (χ2n) is 4.74. The fourth-order valence-electron chi connectivity index (χ4n) is 1.76. The molecule has 1 N–H and O–H groups in total. The lowest BCUT2D eigenvalue weighted by atomic mass is 9.84. The molecule has 0 aromatic carbocycles. The van der Waals surface area contributed by atoms with E-state index in [1.807, 2.05) is 13.8 Å². The summed E-state index contributed by atoms with van der Waals surface area (Å²) < 4.78 is 4.30. The first kappa shape index (κ1) is 19.6. The molecule has 1 saturated carbocycles. The molecule has 1 amide bonds. The van der Waals surface area contributed by atoms with E-state index in [1.54, 1.807) is 14.1 Å². The molecule has 0 aliphatic heterocycles. The maximum absolute atomic E-state index is 10.2. The zero-order valence-electron chi connectivity index (χ0n) is 13.3. The largest absolute Gasteiger partial charge is 0.453 e. The molecule has 4 nitrogen and oxygen atoms in total. The lowest BCUT2D eigenvalue weighted by molar-refractivity contribution is 0.141. The molecule has 1 rings (SSSR count). The van der Waals surface area contributed by atoms with Crippen molar-refractivity contribution in [1.82, 2.24) is 10.2 Å². The number of rotatable bonds is 1. The van der Waals surface area contributed by atoms with Gasteiger partial charge in [0, 0.05) is 19.6 Å². The van der Waals surface area contributed by atoms with Crippen LogP contribution >= 0.6 is 0 Å². The molecule has 0 heterocycles. The predicted octanol–water partition coefficient (Wildman–Crippen LogP) is 3.27. The number of nitrogens with zero attached hydrogens (tertiary/aromatic N) is 1. The van der Waals surface area contributed by atoms with E-state index in [-0.39, 0.29) is 6.09 Å². The van der Waals surface area contributed by atoms with E-state index in [1.165, 1.54) is 44.1 Å². The molecular formula is C14H32N2O2. The van der Waals surface area contributed by atoms with E-state index in [9.17, 15) is 4.79 Å². The fourth-order valence-corrected chi connectivity index (χ4v) is 1.76. The molecule has 0 unspecified atom stereocenters. The molecule has 1 aliphatic carbocycles. The summed E-state index contributed by atoms with van der Waals surface area (Å²) in [5.74, 6) is 0. The maximum Gasteiger partial charge on any atom is 0.408 e. The second kappa shape index (κ2) is 11.3. The molecule has 0 bridgehead atoms. The standard InChI is InChI=1S/C8H17N.C4H9NO2.C2H6/c1-8(9-2)6-4-3-5-7-8;1-5(2)4(6)7-3;1-2/h9H,3-7H2,1-2H3;1-3H3;1-2H3. The summed E-state index contributed by atoms with van der Waals surface area (Å²) in [4.78, 5) is 11.6. The topological polar surface area (TPSA) is 41.6 Å². The van der Waals surface area contributed by atoms with Crippen molar-refractivity contribution in [3.63, 3.8) is 0 Å². The Balaban J connectivity index is 0. The van der Waals surface area contributed by atoms with Gasteiger partial charge in [0.25, 0.3) is 0 Å². The number of carbonyl (C=O) groups excluding carboxylic acids is 1. The number of hydrogen-bond donors (Lipinski definition) is 1. The summed E-state index contributed by atoms with van der Waals surface area (Å²) in [6.07, 6.45) is 6.68. The third-order valence-corrected chi connectivity index (χ3v) is 3.10. The van der Waals surface area contributed by atoms with Gasteiger partial charge in [-0.25, -0.2) is 4.79 Å². The smallest absolute Gasteiger partial charge is 0.408 e. The minimum absolute atomic E-state index is 0.319. The van der Waals surface area contributed by atoms with Gasteiger partial charge in [0.1, 0.15) is 0 Å². The molecule has 0 aromatic rings. The number of nitrogens with one attached hydrogen (secondary N) is 1. The third kappa shape index (κ3) is 9.28. The Hall–Kier alpha value is -0.770. The summed E-state index contributed by atoms with van der Waals surface area (Å²) in [7, 11) is 6.69. The highest BCUT2D eigenvalue weighted by Crippen LogP contribution is 2.26. The number of ether oxygens (including phenoxy) is 1. The van der Waals surface area contributed by atoms with Gasteiger partial charge in [0.05, 0.1) is 7.11 Å². The monoisotopic (exact) mass is 260 g/mol. The van der Waals surface area contributed by atoms with E-state index in [0.717, 1.165) is 0 Å². The number of methoxy groups -OCH3 is 1. The average molecular weight is 260 g/mol. The molecule has 110 valence electrons. The van der Waals surface area contributed by atoms with Crippen molar-refractivity contribution in [2.24, 2.45) is 0 Å². The van der Waals surface area contributed by atoms with E-state index in [2.05, 4.69) is 24.0 Å². The summed E-state index contributed by atoms with van der Waals surface area (Å²) in [6.45, 7) is 6.33. The maximum atomic E-state index is 10.2. The van der Waals surface area contributed by atoms with Crippen LogP contribution in [0, 0.1) is 0 Å². The summed E-state index contributed by atoms with van der Waals surface area (Å²) in [5.41, 5.74) is 0.470. The van der Waals surface area contributed by atoms with Gasteiger partial charge in [0.2, 0.25) is 0 Å². The van der Waals surface area contributed by atoms with Crippen LogP contribution in [0.3, 0.4) is 0 Å². The number of carbonyl (C=O) groups is 1. The number of amides is 1. The van der Waals surface area contributed by atoms with Crippen LogP contribution in [0.2, 0.25) is 0 Å². The molecule has 0 spiro atoms. The van der Waals surface area contributed by atoms with E-state index in [4.69, 9.17) is 0 Å². The summed E-state index contributed by atoms with van der Waals surface area (Å²) in [5, 5.41) is 3.38. The van der Waals surface area contributed by atoms with Gasteiger partial charge in [-0.15, -0.1) is 0 Å². The molecule has 1 fully saturated rings. The van der Waals surface area contributed by atoms with Gasteiger partial charge in [-0.2, -0.15) is 0 Å². The van der Waals surface area contributed by atoms with E-state index >= 15 is 0 Å². The Morgan fingerprint density at radius 2 is 1.61 bits per heavy atom. The molecule has 4 heteroatoms. The minimum atomic E-state index is -0.319. The van der Waals surface area contributed by atoms with Crippen LogP contribution in [0.25, 0.3) is 0 Å². The van der Waals surface area contributed by atoms with Gasteiger partial charge in [-0.05, 0) is 26.8 Å². The van der Waals surface area contributed by atoms with E-state index in [0.29, 0.717) is 5.54 Å². The van der Waals surface area contributed by atoms with Crippen molar-refractivity contribution >= 4 is 6.09 Å². The summed E-state index contributed by atoms with van der Waals surface area (Å²) >= 11 is 0. The Morgan fingerprint density at radius 3 is 1.78 bits per heavy atom. The van der Waals surface area contributed by atoms with Crippen LogP contribution in [-0.2, 0) is 4.74 Å². The first-order valence-corrected chi connectivity index (χ1v) is 6.89. The van der Waals surface area contributed by atoms with Gasteiger partial charge in [-0.1, -0.05) is 33.1 Å². The Morgan fingerprint density at radius 1 is 1.17 bits per heavy atom. The highest BCUT2D eigenvalue weighted by molar-refractivity contribution is 5.66. The second-order valence-corrected chi connectivity index (χ2v) is 4.74. The SMILES string of the molecule is CC.CNC1(C)CCCCC1.COC(=O)N(C)C. The Bertz CT molecular complexity index is 200. The normalized spacial score (nSPS) is 16.4. The van der Waals surface area contributed by atoms with Crippen molar-refractivity contribution in [2.45, 2.75) is 58.4 Å². The van der Waals surface area contributed by atoms with Gasteiger partial charge in [-0.3, -0.25) is 0 Å². The highest BCUT2D eigenvalue weighted by atomic mass is 16.5. The van der Waals surface area contributed by atoms with Crippen molar-refractivity contribution in [2.75, 3.05) is 28.3 Å². The van der Waals surface area contributed by atoms with Crippen LogP contribution in [-0.4, -0.2) is 44.8 Å². The van der Waals surface area contributed by atoms with Gasteiger partial charge in [0.15, 0.2) is 0 Å². The van der Waals surface area contributed by atoms with Crippen molar-refractivity contribution in [3.05, 3.63) is 0 Å². The highest BCUT2D eigenvalue weighted by Gasteiger charge is 2.23. The zero-order valence-corrected chi connectivity index (χ0v) is 13.3. The zero-order chi connectivity index (χ0) is 14.6. The number of hydrogen-bond acceptors (Lipinski definition) is 3. The van der Waals surface area contributed by atoms with Gasteiger partial charge >= 0.3 is 6.09 Å². The third-order valence-electron chi connectivity index (χ3n) is 3.10. The van der Waals surface area contributed by atoms with Crippen molar-refractivity contribution in [1.29, 1.82) is 0 Å². The first-order chi connectivity index (χ1) is 8.45. The lowest BCUT2D eigenvalue weighted by Crippen LogP contribution is -2.41. The van der Waals surface area contributed by atoms with Crippen LogP contribution < -0.4 is 5.32 Å². The Labute approximate surface area is 113 Å². The predicted molar refractivity (Wildman–Crippen MR) is 78.0 cm³/mol. The fraction of sp³-hybridized carbons (Fsp3) is 0.929. The first-order valence-electron chi connectivity index (χ1n) is 6.89. The van der Waals surface area contributed by atoms with Crippen LogP contribution in [0.4, 0.5) is 4.79 Å². The molecular weight excluding hydrogens is 228 g/mol. The summed E-state index contributed by atoms with van der Waals surface area (Å²) in [6, 6.07) is 0. The van der Waals surface area contributed by atoms with E-state index < -0.39 is 0 Å².